The van der Waals surface area contributed by atoms with E-state index in [1.807, 2.05) is 31.2 Å². The predicted octanol–water partition coefficient (Wildman–Crippen LogP) is 3.56. The van der Waals surface area contributed by atoms with Gasteiger partial charge in [0, 0.05) is 5.69 Å². The van der Waals surface area contributed by atoms with Crippen LogP contribution in [0.4, 0.5) is 5.69 Å². The third-order valence-corrected chi connectivity index (χ3v) is 3.51. The van der Waals surface area contributed by atoms with E-state index < -0.39 is 6.10 Å². The molecule has 0 radical (unpaired) electrons. The third kappa shape index (κ3) is 4.50. The molecule has 0 saturated heterocycles. The Morgan fingerprint density at radius 2 is 1.83 bits per heavy atom. The number of carbonyl (C=O) groups excluding carboxylic acids is 1. The number of nitrogens with zero attached hydrogens (tertiary/aromatic N) is 1. The molecule has 2 rings (SSSR count). The van der Waals surface area contributed by atoms with Gasteiger partial charge in [0.15, 0.2) is 17.6 Å². The summed E-state index contributed by atoms with van der Waals surface area (Å²) in [5.41, 5.74) is 1.58. The second-order valence-corrected chi connectivity index (χ2v) is 5.19. The van der Waals surface area contributed by atoms with Gasteiger partial charge in [-0.15, -0.1) is 0 Å². The number of methoxy groups -OCH3 is 1. The Morgan fingerprint density at radius 1 is 1.17 bits per heavy atom. The highest BCUT2D eigenvalue weighted by Gasteiger charge is 2.20. The van der Waals surface area contributed by atoms with Gasteiger partial charge >= 0.3 is 0 Å². The monoisotopic (exact) mass is 324 g/mol. The molecule has 0 aromatic heterocycles. The molecule has 5 heteroatoms. The highest BCUT2D eigenvalue weighted by atomic mass is 16.5. The summed E-state index contributed by atoms with van der Waals surface area (Å²) in [6.07, 6.45) is 0.249. The minimum Gasteiger partial charge on any atom is -0.493 e. The Hall–Kier alpha value is -3.00. The van der Waals surface area contributed by atoms with Crippen molar-refractivity contribution in [1.29, 1.82) is 5.26 Å². The van der Waals surface area contributed by atoms with Crippen LogP contribution in [-0.4, -0.2) is 19.1 Å². The zero-order valence-corrected chi connectivity index (χ0v) is 13.8. The van der Waals surface area contributed by atoms with Crippen molar-refractivity contribution in [2.45, 2.75) is 25.9 Å². The van der Waals surface area contributed by atoms with Gasteiger partial charge in [0.05, 0.1) is 19.6 Å². The zero-order chi connectivity index (χ0) is 17.4. The molecule has 0 spiro atoms. The minimum atomic E-state index is -0.625. The number of nitriles is 1. The number of nitrogens with one attached hydrogen (secondary N) is 1. The maximum Gasteiger partial charge on any atom is 0.265 e. The summed E-state index contributed by atoms with van der Waals surface area (Å²) in [6.45, 7) is 1.88. The van der Waals surface area contributed by atoms with Crippen LogP contribution in [0.15, 0.2) is 48.5 Å². The lowest BCUT2D eigenvalue weighted by atomic mass is 10.1. The highest BCUT2D eigenvalue weighted by molar-refractivity contribution is 5.94. The Morgan fingerprint density at radius 3 is 2.42 bits per heavy atom. The van der Waals surface area contributed by atoms with E-state index in [9.17, 15) is 4.79 Å². The third-order valence-electron chi connectivity index (χ3n) is 3.51. The number of hydrogen-bond acceptors (Lipinski definition) is 4. The molecular formula is C19H20N2O3. The van der Waals surface area contributed by atoms with Gasteiger partial charge in [0.2, 0.25) is 0 Å². The molecule has 2 aromatic carbocycles. The topological polar surface area (TPSA) is 71.3 Å². The Kier molecular flexibility index (Phi) is 6.21. The van der Waals surface area contributed by atoms with Crippen molar-refractivity contribution in [3.8, 4) is 17.6 Å². The van der Waals surface area contributed by atoms with Crippen LogP contribution in [0, 0.1) is 11.3 Å². The number of anilines is 1. The van der Waals surface area contributed by atoms with E-state index in [1.54, 1.807) is 31.4 Å². The van der Waals surface area contributed by atoms with Crippen LogP contribution in [0.25, 0.3) is 0 Å². The maximum absolute atomic E-state index is 12.4. The summed E-state index contributed by atoms with van der Waals surface area (Å²) in [7, 11) is 1.56. The summed E-state index contributed by atoms with van der Waals surface area (Å²) >= 11 is 0. The first-order valence-corrected chi connectivity index (χ1v) is 7.74. The van der Waals surface area contributed by atoms with Gasteiger partial charge in [0.1, 0.15) is 0 Å². The number of hydrogen-bond donors (Lipinski definition) is 1. The van der Waals surface area contributed by atoms with E-state index in [1.165, 1.54) is 0 Å². The quantitative estimate of drug-likeness (QED) is 0.845. The Labute approximate surface area is 141 Å². The zero-order valence-electron chi connectivity index (χ0n) is 13.8. The average Bonchev–Trinajstić information content (AvgIpc) is 2.61. The Balaban J connectivity index is 2.04. The van der Waals surface area contributed by atoms with Crippen molar-refractivity contribution < 1.29 is 14.3 Å². The lowest BCUT2D eigenvalue weighted by Gasteiger charge is -2.19. The predicted molar refractivity (Wildman–Crippen MR) is 92.1 cm³/mol. The number of carbonyl (C=O) groups is 1. The van der Waals surface area contributed by atoms with Gasteiger partial charge in [-0.2, -0.15) is 5.26 Å². The van der Waals surface area contributed by atoms with E-state index in [0.29, 0.717) is 30.0 Å². The molecule has 0 saturated carbocycles. The summed E-state index contributed by atoms with van der Waals surface area (Å²) in [5.74, 6) is 0.896. The molecule has 1 atom stereocenters. The molecule has 24 heavy (non-hydrogen) atoms. The number of ether oxygens (including phenoxy) is 2. The van der Waals surface area contributed by atoms with E-state index in [2.05, 4.69) is 11.4 Å². The summed E-state index contributed by atoms with van der Waals surface area (Å²) in [6, 6.07) is 16.5. The van der Waals surface area contributed by atoms with Crippen LogP contribution in [-0.2, 0) is 11.2 Å². The molecule has 1 amide bonds. The molecular weight excluding hydrogens is 304 g/mol. The van der Waals surface area contributed by atoms with Gasteiger partial charge < -0.3 is 14.8 Å². The van der Waals surface area contributed by atoms with Crippen molar-refractivity contribution in [3.63, 3.8) is 0 Å². The standard InChI is InChI=1S/C19H20N2O3/c1-3-16(24-18-7-5-4-6-17(18)23-2)19(22)21-15-10-8-14(9-11-15)12-13-20/h4-11,16H,3,12H2,1-2H3,(H,21,22)/t16-/m1/s1. The molecule has 0 unspecified atom stereocenters. The molecule has 124 valence electrons. The maximum atomic E-state index is 12.4. The van der Waals surface area contributed by atoms with Gasteiger partial charge in [-0.05, 0) is 36.2 Å². The smallest absolute Gasteiger partial charge is 0.265 e. The average molecular weight is 324 g/mol. The molecule has 0 aliphatic carbocycles. The van der Waals surface area contributed by atoms with Crippen molar-refractivity contribution in [1.82, 2.24) is 0 Å². The first-order valence-electron chi connectivity index (χ1n) is 7.74. The lowest BCUT2D eigenvalue weighted by Crippen LogP contribution is -2.32. The van der Waals surface area contributed by atoms with Crippen molar-refractivity contribution >= 4 is 11.6 Å². The molecule has 0 heterocycles. The second-order valence-electron chi connectivity index (χ2n) is 5.19. The summed E-state index contributed by atoms with van der Waals surface area (Å²) < 4.78 is 11.0. The molecule has 5 nitrogen and oxygen atoms in total. The van der Waals surface area contributed by atoms with Crippen LogP contribution in [0.5, 0.6) is 11.5 Å². The largest absolute Gasteiger partial charge is 0.493 e. The second kappa shape index (κ2) is 8.59. The molecule has 0 aliphatic heterocycles. The van der Waals surface area contributed by atoms with Crippen molar-refractivity contribution in [2.24, 2.45) is 0 Å². The van der Waals surface area contributed by atoms with Gasteiger partial charge in [-0.1, -0.05) is 31.2 Å². The van der Waals surface area contributed by atoms with E-state index in [4.69, 9.17) is 14.7 Å². The Bertz CT molecular complexity index is 720. The summed E-state index contributed by atoms with van der Waals surface area (Å²) in [4.78, 5) is 12.4. The van der Waals surface area contributed by atoms with E-state index in [0.717, 1.165) is 5.56 Å². The normalized spacial score (nSPS) is 11.2. The fraction of sp³-hybridized carbons (Fsp3) is 0.263. The summed E-state index contributed by atoms with van der Waals surface area (Å²) in [5, 5.41) is 11.5. The van der Waals surface area contributed by atoms with E-state index in [-0.39, 0.29) is 5.91 Å². The molecule has 0 fully saturated rings. The van der Waals surface area contributed by atoms with Gasteiger partial charge in [-0.3, -0.25) is 4.79 Å². The van der Waals surface area contributed by atoms with Gasteiger partial charge in [0.25, 0.3) is 5.91 Å². The number of rotatable bonds is 7. The van der Waals surface area contributed by atoms with Crippen LogP contribution in [0.1, 0.15) is 18.9 Å². The first-order chi connectivity index (χ1) is 11.7. The number of benzene rings is 2. The first kappa shape index (κ1) is 17.4. The van der Waals surface area contributed by atoms with Crippen molar-refractivity contribution in [2.75, 3.05) is 12.4 Å². The molecule has 0 bridgehead atoms. The molecule has 0 aliphatic rings. The van der Waals surface area contributed by atoms with Crippen molar-refractivity contribution in [3.05, 3.63) is 54.1 Å². The lowest BCUT2D eigenvalue weighted by molar-refractivity contribution is -0.122. The van der Waals surface area contributed by atoms with Crippen LogP contribution in [0.2, 0.25) is 0 Å². The fourth-order valence-electron chi connectivity index (χ4n) is 2.21. The molecule has 1 N–H and O–H groups in total. The van der Waals surface area contributed by atoms with Gasteiger partial charge in [-0.25, -0.2) is 0 Å². The fourth-order valence-corrected chi connectivity index (χ4v) is 2.21. The van der Waals surface area contributed by atoms with E-state index >= 15 is 0 Å². The minimum absolute atomic E-state index is 0.226. The van der Waals surface area contributed by atoms with Crippen LogP contribution in [0.3, 0.4) is 0 Å². The number of para-hydroxylation sites is 2. The highest BCUT2D eigenvalue weighted by Crippen LogP contribution is 2.27. The number of amides is 1. The van der Waals surface area contributed by atoms with Crippen LogP contribution < -0.4 is 14.8 Å². The van der Waals surface area contributed by atoms with Crippen LogP contribution >= 0.6 is 0 Å². The molecule has 2 aromatic rings. The SMILES string of the molecule is CC[C@@H](Oc1ccccc1OC)C(=O)Nc1ccc(CC#N)cc1.